The maximum atomic E-state index is 12.8. The van der Waals surface area contributed by atoms with Crippen LogP contribution in [0.25, 0.3) is 0 Å². The number of carboxylic acid groups (broad SMARTS) is 1. The smallest absolute Gasteiger partial charge is 0.326 e. The predicted molar refractivity (Wildman–Crippen MR) is 58.5 cm³/mol. The van der Waals surface area contributed by atoms with E-state index in [4.69, 9.17) is 5.11 Å². The molecule has 2 aliphatic carbocycles. The van der Waals surface area contributed by atoms with Gasteiger partial charge in [0.15, 0.2) is 5.66 Å². The molecule has 0 saturated heterocycles. The lowest BCUT2D eigenvalue weighted by molar-refractivity contribution is -0.135. The second kappa shape index (κ2) is 3.68. The molecule has 0 aromatic carbocycles. The van der Waals surface area contributed by atoms with Crippen LogP contribution in [-0.2, 0) is 9.36 Å². The normalized spacial score (nSPS) is 22.7. The van der Waals surface area contributed by atoms with Crippen LogP contribution in [0.15, 0.2) is 0 Å². The van der Waals surface area contributed by atoms with Crippen molar-refractivity contribution in [3.05, 3.63) is 0 Å². The summed E-state index contributed by atoms with van der Waals surface area (Å²) in [6.45, 7) is 1.61. The summed E-state index contributed by atoms with van der Waals surface area (Å²) in [6, 6.07) is 0. The minimum atomic E-state index is -2.60. The number of carbonyl (C=O) groups is 1. The van der Waals surface area contributed by atoms with Crippen molar-refractivity contribution in [2.45, 2.75) is 49.6 Å². The molecule has 0 spiro atoms. The Labute approximate surface area is 89.6 Å². The molecule has 4 heteroatoms. The second-order valence-corrected chi connectivity index (χ2v) is 7.86. The van der Waals surface area contributed by atoms with Crippen LogP contribution in [-0.4, -0.2) is 28.1 Å². The summed E-state index contributed by atoms with van der Waals surface area (Å²) >= 11 is 0. The van der Waals surface area contributed by atoms with Crippen LogP contribution in [0.1, 0.15) is 32.6 Å². The molecule has 0 bridgehead atoms. The van der Waals surface area contributed by atoms with Crippen LogP contribution in [0.3, 0.4) is 0 Å². The molecular weight excluding hydrogens is 211 g/mol. The van der Waals surface area contributed by atoms with E-state index in [1.165, 1.54) is 0 Å². The lowest BCUT2D eigenvalue weighted by Crippen LogP contribution is -2.22. The molecule has 0 amide bonds. The molecule has 0 heterocycles. The minimum Gasteiger partial charge on any atom is -0.480 e. The van der Waals surface area contributed by atoms with Gasteiger partial charge in [-0.2, -0.15) is 0 Å². The summed E-state index contributed by atoms with van der Waals surface area (Å²) in [7, 11) is -2.60. The van der Waals surface area contributed by atoms with Gasteiger partial charge in [-0.25, -0.2) is 0 Å². The first-order valence-electron chi connectivity index (χ1n) is 5.35. The fourth-order valence-corrected chi connectivity index (χ4v) is 6.18. The van der Waals surface area contributed by atoms with Gasteiger partial charge in [-0.1, -0.05) is 5.92 Å². The Kier molecular flexibility index (Phi) is 2.64. The van der Waals surface area contributed by atoms with Crippen molar-refractivity contribution in [1.82, 2.24) is 0 Å². The van der Waals surface area contributed by atoms with Crippen molar-refractivity contribution < 1.29 is 14.5 Å². The first-order valence-corrected chi connectivity index (χ1v) is 7.26. The zero-order valence-corrected chi connectivity index (χ0v) is 9.67. The summed E-state index contributed by atoms with van der Waals surface area (Å²) in [6.07, 6.45) is 3.73. The van der Waals surface area contributed by atoms with Crippen LogP contribution in [0.4, 0.5) is 0 Å². The van der Waals surface area contributed by atoms with Crippen molar-refractivity contribution >= 4 is 13.1 Å². The molecule has 0 radical (unpaired) electrons. The van der Waals surface area contributed by atoms with Crippen LogP contribution in [0.5, 0.6) is 0 Å². The first-order chi connectivity index (χ1) is 7.10. The molecule has 15 heavy (non-hydrogen) atoms. The highest BCUT2D eigenvalue weighted by atomic mass is 31.2. The van der Waals surface area contributed by atoms with Crippen LogP contribution < -0.4 is 0 Å². The average molecular weight is 226 g/mol. The molecule has 2 fully saturated rings. The first kappa shape index (κ1) is 10.8. The van der Waals surface area contributed by atoms with E-state index in [-0.39, 0.29) is 11.3 Å². The lowest BCUT2D eigenvalue weighted by atomic mass is 10.4. The Balaban J connectivity index is 2.31. The van der Waals surface area contributed by atoms with Gasteiger partial charge in [0.2, 0.25) is 0 Å². The van der Waals surface area contributed by atoms with Crippen LogP contribution in [0, 0.1) is 11.8 Å². The van der Waals surface area contributed by atoms with E-state index < -0.39 is 18.8 Å². The van der Waals surface area contributed by atoms with E-state index in [1.54, 1.807) is 6.92 Å². The molecule has 1 N–H and O–H groups in total. The van der Waals surface area contributed by atoms with Crippen molar-refractivity contribution in [2.24, 2.45) is 0 Å². The summed E-state index contributed by atoms with van der Waals surface area (Å²) in [5.74, 6) is 4.28. The van der Waals surface area contributed by atoms with Crippen LogP contribution in [0.2, 0.25) is 0 Å². The molecule has 1 unspecified atom stereocenters. The topological polar surface area (TPSA) is 54.4 Å². The van der Waals surface area contributed by atoms with Crippen molar-refractivity contribution in [3.63, 3.8) is 0 Å². The van der Waals surface area contributed by atoms with E-state index in [2.05, 4.69) is 11.8 Å². The summed E-state index contributed by atoms with van der Waals surface area (Å²) in [4.78, 5) is 11.1. The number of carboxylic acids is 1. The van der Waals surface area contributed by atoms with Gasteiger partial charge >= 0.3 is 5.97 Å². The minimum absolute atomic E-state index is 0.159. The predicted octanol–water partition coefficient (Wildman–Crippen LogP) is 2.15. The van der Waals surface area contributed by atoms with Crippen molar-refractivity contribution in [3.8, 4) is 11.8 Å². The van der Waals surface area contributed by atoms with Gasteiger partial charge in [0, 0.05) is 11.3 Å². The summed E-state index contributed by atoms with van der Waals surface area (Å²) < 4.78 is 12.8. The molecule has 82 valence electrons. The number of hydrogen-bond donors (Lipinski definition) is 1. The van der Waals surface area contributed by atoms with Crippen molar-refractivity contribution in [1.29, 1.82) is 0 Å². The highest BCUT2D eigenvalue weighted by Gasteiger charge is 2.56. The molecule has 2 rings (SSSR count). The Bertz CT molecular complexity index is 366. The van der Waals surface area contributed by atoms with Gasteiger partial charge in [0.25, 0.3) is 0 Å². The SMILES string of the molecule is CC#CC(C(=O)O)P(=O)(C1CC1)C1CC1. The molecule has 2 aliphatic rings. The number of hydrogen-bond acceptors (Lipinski definition) is 2. The average Bonchev–Trinajstić information content (AvgIpc) is 3.06. The van der Waals surface area contributed by atoms with Gasteiger partial charge in [0.1, 0.15) is 7.14 Å². The third-order valence-electron chi connectivity index (χ3n) is 3.15. The van der Waals surface area contributed by atoms with E-state index in [1.807, 2.05) is 0 Å². The third-order valence-corrected chi connectivity index (χ3v) is 7.63. The second-order valence-electron chi connectivity index (χ2n) is 4.36. The Hall–Kier alpha value is -0.740. The molecule has 2 saturated carbocycles. The van der Waals surface area contributed by atoms with Gasteiger partial charge in [0.05, 0.1) is 0 Å². The highest BCUT2D eigenvalue weighted by molar-refractivity contribution is 7.68. The van der Waals surface area contributed by atoms with Gasteiger partial charge in [-0.3, -0.25) is 4.79 Å². The largest absolute Gasteiger partial charge is 0.480 e. The summed E-state index contributed by atoms with van der Waals surface area (Å²) in [5, 5.41) is 9.12. The maximum absolute atomic E-state index is 12.8. The molecular formula is C11H15O3P. The molecule has 3 nitrogen and oxygen atoms in total. The van der Waals surface area contributed by atoms with E-state index in [0.717, 1.165) is 25.7 Å². The fourth-order valence-electron chi connectivity index (χ4n) is 2.15. The zero-order valence-electron chi connectivity index (χ0n) is 8.77. The molecule has 1 atom stereocenters. The Morgan fingerprint density at radius 2 is 1.80 bits per heavy atom. The Morgan fingerprint density at radius 1 is 1.33 bits per heavy atom. The van der Waals surface area contributed by atoms with E-state index in [0.29, 0.717) is 0 Å². The monoisotopic (exact) mass is 226 g/mol. The van der Waals surface area contributed by atoms with Gasteiger partial charge in [-0.05, 0) is 32.6 Å². The van der Waals surface area contributed by atoms with Crippen molar-refractivity contribution in [2.75, 3.05) is 0 Å². The standard InChI is InChI=1S/C11H15O3P/c1-2-3-10(11(12)13)15(14,8-4-5-8)9-6-7-9/h8-10H,4-7H2,1H3,(H,12,13). The lowest BCUT2D eigenvalue weighted by Gasteiger charge is -2.20. The van der Waals surface area contributed by atoms with Crippen LogP contribution >= 0.6 is 7.14 Å². The third kappa shape index (κ3) is 1.84. The quantitative estimate of drug-likeness (QED) is 0.590. The van der Waals surface area contributed by atoms with Gasteiger partial charge in [-0.15, -0.1) is 5.92 Å². The molecule has 0 aliphatic heterocycles. The number of rotatable bonds is 4. The van der Waals surface area contributed by atoms with E-state index >= 15 is 0 Å². The Morgan fingerprint density at radius 3 is 2.07 bits per heavy atom. The fraction of sp³-hybridized carbons (Fsp3) is 0.727. The van der Waals surface area contributed by atoms with E-state index in [9.17, 15) is 9.36 Å². The highest BCUT2D eigenvalue weighted by Crippen LogP contribution is 2.72. The maximum Gasteiger partial charge on any atom is 0.326 e. The van der Waals surface area contributed by atoms with Gasteiger partial charge < -0.3 is 9.67 Å². The molecule has 0 aromatic rings. The number of aliphatic carboxylic acids is 1. The zero-order chi connectivity index (χ0) is 11.1. The molecule has 0 aromatic heterocycles. The summed E-state index contributed by atoms with van der Waals surface area (Å²) in [5.41, 5.74) is -0.582.